The molecule has 0 fully saturated rings. The van der Waals surface area contributed by atoms with Gasteiger partial charge in [0.05, 0.1) is 11.6 Å². The molecule has 0 saturated heterocycles. The number of hydrogen-bond acceptors (Lipinski definition) is 4. The molecule has 96 valence electrons. The highest BCUT2D eigenvalue weighted by molar-refractivity contribution is 9.10. The highest BCUT2D eigenvalue weighted by Crippen LogP contribution is 2.35. The van der Waals surface area contributed by atoms with Gasteiger partial charge in [-0.3, -0.25) is 0 Å². The Morgan fingerprint density at radius 2 is 2.33 bits per heavy atom. The number of halogens is 1. The number of hydrogen-bond donors (Lipinski definition) is 1. The fraction of sp³-hybridized carbons (Fsp3) is 0.385. The second kappa shape index (κ2) is 4.72. The highest BCUT2D eigenvalue weighted by Gasteiger charge is 2.36. The van der Waals surface area contributed by atoms with Gasteiger partial charge in [-0.05, 0) is 24.6 Å². The normalized spacial score (nSPS) is 27.8. The van der Waals surface area contributed by atoms with Crippen molar-refractivity contribution in [1.82, 2.24) is 4.90 Å². The van der Waals surface area contributed by atoms with Crippen LogP contribution < -0.4 is 5.73 Å². The summed E-state index contributed by atoms with van der Waals surface area (Å²) in [5.41, 5.74) is 6.50. The topological polar surface area (TPSA) is 58.7 Å². The molecule has 5 heteroatoms. The Bertz CT molecular complexity index is 503. The molecule has 1 aliphatic heterocycles. The lowest BCUT2D eigenvalue weighted by atomic mass is 9.85. The summed E-state index contributed by atoms with van der Waals surface area (Å²) in [5.74, 6) is 0.404. The van der Waals surface area contributed by atoms with Gasteiger partial charge < -0.3 is 15.4 Å². The van der Waals surface area contributed by atoms with Crippen LogP contribution in [0.4, 0.5) is 0 Å². The molecule has 0 bridgehead atoms. The number of nitrogens with two attached hydrogens (primary N) is 1. The molecule has 2 atom stereocenters. The van der Waals surface area contributed by atoms with Gasteiger partial charge in [-0.15, -0.1) is 0 Å². The first-order valence-electron chi connectivity index (χ1n) is 5.76. The van der Waals surface area contributed by atoms with Gasteiger partial charge in [0.2, 0.25) is 0 Å². The first kappa shape index (κ1) is 13.1. The predicted molar refractivity (Wildman–Crippen MR) is 75.3 cm³/mol. The number of benzene rings is 1. The molecule has 1 aliphatic rings. The maximum absolute atomic E-state index is 11.1. The Morgan fingerprint density at radius 3 is 2.94 bits per heavy atom. The van der Waals surface area contributed by atoms with Crippen molar-refractivity contribution in [3.8, 4) is 0 Å². The van der Waals surface area contributed by atoms with E-state index in [-0.39, 0.29) is 6.04 Å². The summed E-state index contributed by atoms with van der Waals surface area (Å²) in [6, 6.07) is 7.72. The Balaban J connectivity index is 2.45. The fourth-order valence-corrected chi connectivity index (χ4v) is 2.64. The van der Waals surface area contributed by atoms with Crippen molar-refractivity contribution in [1.29, 1.82) is 0 Å². The summed E-state index contributed by atoms with van der Waals surface area (Å²) in [6.07, 6.45) is 1.56. The van der Waals surface area contributed by atoms with E-state index in [0.29, 0.717) is 12.4 Å². The fourth-order valence-electron chi connectivity index (χ4n) is 2.24. The van der Waals surface area contributed by atoms with Crippen LogP contribution in [0.5, 0.6) is 0 Å². The minimum atomic E-state index is -0.452. The van der Waals surface area contributed by atoms with E-state index in [1.54, 1.807) is 11.9 Å². The van der Waals surface area contributed by atoms with Crippen LogP contribution in [0.3, 0.4) is 0 Å². The maximum Gasteiger partial charge on any atom is 0.192 e. The zero-order valence-corrected chi connectivity index (χ0v) is 12.0. The van der Waals surface area contributed by atoms with Gasteiger partial charge in [0.1, 0.15) is 6.29 Å². The molecule has 2 rings (SSSR count). The summed E-state index contributed by atoms with van der Waals surface area (Å²) >= 11 is 3.45. The molecular weight excluding hydrogens is 294 g/mol. The zero-order valence-electron chi connectivity index (χ0n) is 10.4. The van der Waals surface area contributed by atoms with Crippen LogP contribution in [0.15, 0.2) is 33.7 Å². The highest BCUT2D eigenvalue weighted by atomic mass is 79.9. The second-order valence-electron chi connectivity index (χ2n) is 4.77. The van der Waals surface area contributed by atoms with Crippen molar-refractivity contribution < 1.29 is 4.79 Å². The molecule has 4 nitrogen and oxygen atoms in total. The lowest BCUT2D eigenvalue weighted by Crippen LogP contribution is -2.50. The van der Waals surface area contributed by atoms with Gasteiger partial charge in [-0.2, -0.15) is 0 Å². The van der Waals surface area contributed by atoms with Crippen LogP contribution in [0.1, 0.15) is 18.9 Å². The molecule has 0 radical (unpaired) electrons. The third kappa shape index (κ3) is 2.27. The maximum atomic E-state index is 11.1. The van der Waals surface area contributed by atoms with Crippen LogP contribution in [0, 0.1) is 0 Å². The number of guanidine groups is 1. The first-order valence-corrected chi connectivity index (χ1v) is 6.55. The van der Waals surface area contributed by atoms with E-state index < -0.39 is 5.54 Å². The van der Waals surface area contributed by atoms with Crippen LogP contribution in [0.2, 0.25) is 0 Å². The first-order chi connectivity index (χ1) is 8.46. The summed E-state index contributed by atoms with van der Waals surface area (Å²) in [4.78, 5) is 17.4. The summed E-state index contributed by atoms with van der Waals surface area (Å²) in [7, 11) is 1.79. The Hall–Kier alpha value is -1.36. The van der Waals surface area contributed by atoms with Gasteiger partial charge in [0, 0.05) is 17.9 Å². The van der Waals surface area contributed by atoms with Crippen LogP contribution in [-0.4, -0.2) is 30.2 Å². The second-order valence-corrected chi connectivity index (χ2v) is 5.69. The van der Waals surface area contributed by atoms with Gasteiger partial charge in [-0.25, -0.2) is 4.99 Å². The monoisotopic (exact) mass is 309 g/mol. The lowest BCUT2D eigenvalue weighted by molar-refractivity contribution is -0.111. The van der Waals surface area contributed by atoms with E-state index in [2.05, 4.69) is 20.9 Å². The van der Waals surface area contributed by atoms with Crippen LogP contribution in [-0.2, 0) is 10.3 Å². The van der Waals surface area contributed by atoms with E-state index in [0.717, 1.165) is 16.3 Å². The molecule has 0 amide bonds. The molecule has 0 spiro atoms. The molecule has 1 aromatic carbocycles. The SMILES string of the molecule is CN1C(N)=NC(C)(c2cccc(Br)c2)CC1C=O. The van der Waals surface area contributed by atoms with Crippen molar-refractivity contribution in [2.75, 3.05) is 7.05 Å². The molecular formula is C13H16BrN3O. The van der Waals surface area contributed by atoms with E-state index >= 15 is 0 Å². The minimum Gasteiger partial charge on any atom is -0.370 e. The number of aliphatic imine (C=N–C) groups is 1. The van der Waals surface area contributed by atoms with Crippen molar-refractivity contribution in [2.45, 2.75) is 24.9 Å². The molecule has 1 aromatic rings. The van der Waals surface area contributed by atoms with E-state index in [4.69, 9.17) is 5.73 Å². The molecule has 2 unspecified atom stereocenters. The summed E-state index contributed by atoms with van der Waals surface area (Å²) < 4.78 is 0.997. The zero-order chi connectivity index (χ0) is 13.3. The molecule has 2 N–H and O–H groups in total. The summed E-state index contributed by atoms with van der Waals surface area (Å²) in [5, 5.41) is 0. The van der Waals surface area contributed by atoms with E-state index in [1.807, 2.05) is 31.2 Å². The average Bonchev–Trinajstić information content (AvgIpc) is 2.34. The van der Waals surface area contributed by atoms with Crippen LogP contribution >= 0.6 is 15.9 Å². The third-order valence-electron chi connectivity index (χ3n) is 3.43. The number of carbonyl (C=O) groups is 1. The molecule has 1 heterocycles. The lowest BCUT2D eigenvalue weighted by Gasteiger charge is -2.39. The number of likely N-dealkylation sites (N-methyl/N-ethyl adjacent to an activating group) is 1. The third-order valence-corrected chi connectivity index (χ3v) is 3.92. The standard InChI is InChI=1S/C13H16BrN3O/c1-13(9-4-3-5-10(14)6-9)7-11(8-18)17(2)12(15)16-13/h3-6,8,11H,7H2,1-2H3,(H2,15,16). The van der Waals surface area contributed by atoms with Gasteiger partial charge in [0.15, 0.2) is 5.96 Å². The minimum absolute atomic E-state index is 0.230. The molecule has 0 aromatic heterocycles. The van der Waals surface area contributed by atoms with Crippen LogP contribution in [0.25, 0.3) is 0 Å². The van der Waals surface area contributed by atoms with Crippen molar-refractivity contribution in [2.24, 2.45) is 10.7 Å². The van der Waals surface area contributed by atoms with Gasteiger partial charge in [-0.1, -0.05) is 28.1 Å². The average molecular weight is 310 g/mol. The number of aldehydes is 1. The number of nitrogens with zero attached hydrogens (tertiary/aromatic N) is 2. The van der Waals surface area contributed by atoms with E-state index in [9.17, 15) is 4.79 Å². The molecule has 0 aliphatic carbocycles. The molecule has 0 saturated carbocycles. The quantitative estimate of drug-likeness (QED) is 0.849. The summed E-state index contributed by atoms with van der Waals surface area (Å²) in [6.45, 7) is 2.01. The van der Waals surface area contributed by atoms with Gasteiger partial charge in [0.25, 0.3) is 0 Å². The Morgan fingerprint density at radius 1 is 1.61 bits per heavy atom. The number of rotatable bonds is 2. The predicted octanol–water partition coefficient (Wildman–Crippen LogP) is 1.88. The van der Waals surface area contributed by atoms with Gasteiger partial charge >= 0.3 is 0 Å². The van der Waals surface area contributed by atoms with Crippen molar-refractivity contribution in [3.63, 3.8) is 0 Å². The van der Waals surface area contributed by atoms with Crippen molar-refractivity contribution >= 4 is 28.2 Å². The smallest absolute Gasteiger partial charge is 0.192 e. The Labute approximate surface area is 115 Å². The number of carbonyl (C=O) groups excluding carboxylic acids is 1. The van der Waals surface area contributed by atoms with E-state index in [1.165, 1.54) is 0 Å². The molecule has 18 heavy (non-hydrogen) atoms. The van der Waals surface area contributed by atoms with Crippen molar-refractivity contribution in [3.05, 3.63) is 34.3 Å². The Kier molecular flexibility index (Phi) is 3.43. The largest absolute Gasteiger partial charge is 0.370 e.